The Morgan fingerprint density at radius 2 is 1.80 bits per heavy atom. The largest absolute Gasteiger partial charge is 0.494 e. The molecule has 1 aromatic heterocycles. The summed E-state index contributed by atoms with van der Waals surface area (Å²) < 4.78 is 2.29. The van der Waals surface area contributed by atoms with Crippen molar-refractivity contribution in [2.75, 3.05) is 0 Å². The molecule has 3 rings (SSSR count). The topological polar surface area (TPSA) is 76.6 Å². The van der Waals surface area contributed by atoms with Crippen LogP contribution in [0.1, 0.15) is 31.0 Å². The minimum atomic E-state index is -0.620. The Hall–Kier alpha value is -2.83. The van der Waals surface area contributed by atoms with Crippen LogP contribution in [0.15, 0.2) is 63.1 Å². The molecular formula is C22H21Cl2N3O3. The van der Waals surface area contributed by atoms with Crippen molar-refractivity contribution in [2.24, 2.45) is 4.99 Å². The van der Waals surface area contributed by atoms with Crippen molar-refractivity contribution >= 4 is 35.1 Å². The van der Waals surface area contributed by atoms with E-state index < -0.39 is 23.2 Å². The lowest BCUT2D eigenvalue weighted by Gasteiger charge is -2.16. The highest BCUT2D eigenvalue weighted by atomic mass is 35.5. The second-order valence-corrected chi connectivity index (χ2v) is 7.87. The zero-order chi connectivity index (χ0) is 21.8. The van der Waals surface area contributed by atoms with Gasteiger partial charge in [0, 0.05) is 23.8 Å². The molecule has 0 aliphatic rings. The molecule has 0 atom stereocenters. The molecule has 0 radical (unpaired) electrons. The molecule has 30 heavy (non-hydrogen) atoms. The molecule has 0 saturated carbocycles. The standard InChI is InChI=1S/C22H21Cl2N3O3/c1-14(2)27-21(29)17(13-25-19-12-16(23)8-9-18(19)24)20(28)26(22(27)30)11-10-15-6-4-3-5-7-15/h3-9,12-14,28H,10-11H2,1-2H3. The molecule has 0 aliphatic heterocycles. The van der Waals surface area contributed by atoms with Crippen LogP contribution in [0.5, 0.6) is 5.88 Å². The maximum atomic E-state index is 12.9. The van der Waals surface area contributed by atoms with Crippen LogP contribution in [0.4, 0.5) is 5.69 Å². The number of aryl methyl sites for hydroxylation is 1. The SMILES string of the molecule is CC(C)n1c(=O)c(C=Nc2cc(Cl)ccc2Cl)c(O)n(CCc2ccccc2)c1=O. The number of nitrogens with zero attached hydrogens (tertiary/aromatic N) is 3. The van der Waals surface area contributed by atoms with Gasteiger partial charge in [-0.25, -0.2) is 4.79 Å². The maximum Gasteiger partial charge on any atom is 0.334 e. The first-order valence-electron chi connectivity index (χ1n) is 9.41. The Morgan fingerprint density at radius 1 is 1.10 bits per heavy atom. The van der Waals surface area contributed by atoms with Crippen LogP contribution < -0.4 is 11.2 Å². The van der Waals surface area contributed by atoms with Gasteiger partial charge >= 0.3 is 5.69 Å². The Bertz CT molecular complexity index is 1200. The second-order valence-electron chi connectivity index (χ2n) is 7.03. The maximum absolute atomic E-state index is 12.9. The van der Waals surface area contributed by atoms with E-state index in [1.165, 1.54) is 10.8 Å². The third kappa shape index (κ3) is 4.66. The van der Waals surface area contributed by atoms with Crippen molar-refractivity contribution in [3.8, 4) is 5.88 Å². The minimum absolute atomic E-state index is 0.0904. The molecule has 0 unspecified atom stereocenters. The summed E-state index contributed by atoms with van der Waals surface area (Å²) in [6, 6.07) is 13.9. The van der Waals surface area contributed by atoms with Crippen LogP contribution in [0, 0.1) is 0 Å². The highest BCUT2D eigenvalue weighted by molar-refractivity contribution is 6.35. The van der Waals surface area contributed by atoms with E-state index in [9.17, 15) is 14.7 Å². The van der Waals surface area contributed by atoms with E-state index in [1.807, 2.05) is 30.3 Å². The molecule has 156 valence electrons. The number of hydrogen-bond donors (Lipinski definition) is 1. The smallest absolute Gasteiger partial charge is 0.334 e. The van der Waals surface area contributed by atoms with E-state index in [1.54, 1.807) is 32.0 Å². The first-order valence-corrected chi connectivity index (χ1v) is 10.2. The number of aromatic nitrogens is 2. The normalized spacial score (nSPS) is 11.5. The van der Waals surface area contributed by atoms with Gasteiger partial charge in [0.05, 0.1) is 10.7 Å². The van der Waals surface area contributed by atoms with Crippen molar-refractivity contribution in [1.82, 2.24) is 9.13 Å². The summed E-state index contributed by atoms with van der Waals surface area (Å²) in [5, 5.41) is 11.5. The van der Waals surface area contributed by atoms with Gasteiger partial charge in [0.25, 0.3) is 5.56 Å². The average molecular weight is 446 g/mol. The van der Waals surface area contributed by atoms with Gasteiger partial charge in [-0.05, 0) is 44.0 Å². The summed E-state index contributed by atoms with van der Waals surface area (Å²) in [5.41, 5.74) is 0.0762. The van der Waals surface area contributed by atoms with E-state index in [2.05, 4.69) is 4.99 Å². The van der Waals surface area contributed by atoms with Crippen molar-refractivity contribution in [3.63, 3.8) is 0 Å². The first kappa shape index (κ1) is 21.9. The molecule has 2 aromatic carbocycles. The second kappa shape index (κ2) is 9.32. The molecule has 6 nitrogen and oxygen atoms in total. The van der Waals surface area contributed by atoms with Crippen molar-refractivity contribution < 1.29 is 5.11 Å². The first-order chi connectivity index (χ1) is 14.3. The zero-order valence-electron chi connectivity index (χ0n) is 16.5. The lowest BCUT2D eigenvalue weighted by atomic mass is 10.1. The summed E-state index contributed by atoms with van der Waals surface area (Å²) in [5.74, 6) is -0.431. The summed E-state index contributed by atoms with van der Waals surface area (Å²) in [6.45, 7) is 3.67. The minimum Gasteiger partial charge on any atom is -0.494 e. The quantitative estimate of drug-likeness (QED) is 0.563. The van der Waals surface area contributed by atoms with Crippen molar-refractivity contribution in [3.05, 3.63) is 90.5 Å². The van der Waals surface area contributed by atoms with E-state index in [0.29, 0.717) is 22.2 Å². The van der Waals surface area contributed by atoms with Crippen LogP contribution in [0.3, 0.4) is 0 Å². The van der Waals surface area contributed by atoms with Crippen LogP contribution in [0.25, 0.3) is 0 Å². The van der Waals surface area contributed by atoms with E-state index in [4.69, 9.17) is 23.2 Å². The van der Waals surface area contributed by atoms with Gasteiger partial charge in [0.2, 0.25) is 5.88 Å². The number of rotatable bonds is 6. The van der Waals surface area contributed by atoms with Gasteiger partial charge in [0.15, 0.2) is 0 Å². The fourth-order valence-corrected chi connectivity index (χ4v) is 3.39. The van der Waals surface area contributed by atoms with E-state index in [-0.39, 0.29) is 12.1 Å². The van der Waals surface area contributed by atoms with Gasteiger partial charge in [-0.3, -0.25) is 18.9 Å². The number of aromatic hydroxyl groups is 1. The molecule has 0 aliphatic carbocycles. The summed E-state index contributed by atoms with van der Waals surface area (Å²) in [4.78, 5) is 30.0. The highest BCUT2D eigenvalue weighted by Gasteiger charge is 2.19. The van der Waals surface area contributed by atoms with Crippen LogP contribution in [-0.4, -0.2) is 20.5 Å². The lowest BCUT2D eigenvalue weighted by molar-refractivity contribution is 0.381. The van der Waals surface area contributed by atoms with Gasteiger partial charge < -0.3 is 5.11 Å². The molecule has 0 spiro atoms. The number of benzene rings is 2. The highest BCUT2D eigenvalue weighted by Crippen LogP contribution is 2.28. The van der Waals surface area contributed by atoms with E-state index >= 15 is 0 Å². The molecule has 0 fully saturated rings. The molecule has 1 heterocycles. The fourth-order valence-electron chi connectivity index (χ4n) is 3.05. The predicted octanol–water partition coefficient (Wildman–Crippen LogP) is 4.60. The fraction of sp³-hybridized carbons (Fsp3) is 0.227. The third-order valence-corrected chi connectivity index (χ3v) is 5.16. The summed E-state index contributed by atoms with van der Waals surface area (Å²) in [6.07, 6.45) is 1.73. The van der Waals surface area contributed by atoms with Gasteiger partial charge in [0.1, 0.15) is 5.56 Å². The molecule has 8 heteroatoms. The van der Waals surface area contributed by atoms with Gasteiger partial charge in [-0.15, -0.1) is 0 Å². The van der Waals surface area contributed by atoms with Crippen LogP contribution in [0.2, 0.25) is 10.0 Å². The Morgan fingerprint density at radius 3 is 2.47 bits per heavy atom. The molecule has 0 bridgehead atoms. The Balaban J connectivity index is 2.09. The number of hydrogen-bond acceptors (Lipinski definition) is 4. The predicted molar refractivity (Wildman–Crippen MR) is 121 cm³/mol. The van der Waals surface area contributed by atoms with E-state index in [0.717, 1.165) is 10.1 Å². The molecule has 0 amide bonds. The van der Waals surface area contributed by atoms with Crippen LogP contribution in [-0.2, 0) is 13.0 Å². The lowest BCUT2D eigenvalue weighted by Crippen LogP contribution is -2.42. The number of halogens is 2. The molecular weight excluding hydrogens is 425 g/mol. The summed E-state index contributed by atoms with van der Waals surface area (Å²) in [7, 11) is 0. The van der Waals surface area contributed by atoms with Crippen molar-refractivity contribution in [1.29, 1.82) is 0 Å². The third-order valence-electron chi connectivity index (χ3n) is 4.61. The Kier molecular flexibility index (Phi) is 6.80. The van der Waals surface area contributed by atoms with Crippen molar-refractivity contribution in [2.45, 2.75) is 32.9 Å². The number of aliphatic imine (C=N–C) groups is 1. The van der Waals surface area contributed by atoms with Gasteiger partial charge in [-0.2, -0.15) is 0 Å². The monoisotopic (exact) mass is 445 g/mol. The van der Waals surface area contributed by atoms with Gasteiger partial charge in [-0.1, -0.05) is 53.5 Å². The van der Waals surface area contributed by atoms with Crippen LogP contribution >= 0.6 is 23.2 Å². The molecule has 0 saturated heterocycles. The zero-order valence-corrected chi connectivity index (χ0v) is 18.1. The average Bonchev–Trinajstić information content (AvgIpc) is 2.70. The molecule has 1 N–H and O–H groups in total. The summed E-state index contributed by atoms with van der Waals surface area (Å²) >= 11 is 12.1. The molecule has 3 aromatic rings. The Labute approximate surface area is 183 Å².